The minimum atomic E-state index is -1.13. The lowest BCUT2D eigenvalue weighted by Crippen LogP contribution is -2.61. The number of carbonyl (C=O) groups is 3. The average molecular weight is 482 g/mol. The summed E-state index contributed by atoms with van der Waals surface area (Å²) < 4.78 is 11.1. The summed E-state index contributed by atoms with van der Waals surface area (Å²) in [5.41, 5.74) is -0.250. The van der Waals surface area contributed by atoms with Gasteiger partial charge in [-0.05, 0) is 55.0 Å². The van der Waals surface area contributed by atoms with E-state index < -0.39 is 29.2 Å². The maximum absolute atomic E-state index is 13.3. The zero-order valence-electron chi connectivity index (χ0n) is 20.7. The first-order valence-corrected chi connectivity index (χ1v) is 12.3. The molecule has 7 nitrogen and oxygen atoms in total. The summed E-state index contributed by atoms with van der Waals surface area (Å²) in [6.07, 6.45) is 1.94. The minimum absolute atomic E-state index is 0.188. The van der Waals surface area contributed by atoms with Crippen LogP contribution in [-0.2, 0) is 25.7 Å². The molecular formula is C28H35NO6. The van der Waals surface area contributed by atoms with Gasteiger partial charge in [-0.1, -0.05) is 57.5 Å². The summed E-state index contributed by atoms with van der Waals surface area (Å²) >= 11 is 0. The molecule has 0 aromatic heterocycles. The van der Waals surface area contributed by atoms with Gasteiger partial charge in [0, 0.05) is 6.54 Å². The number of esters is 1. The minimum Gasteiger partial charge on any atom is -0.481 e. The Bertz CT molecular complexity index is 1000. The van der Waals surface area contributed by atoms with E-state index >= 15 is 0 Å². The van der Waals surface area contributed by atoms with E-state index in [0.29, 0.717) is 30.9 Å². The molecule has 1 amide bonds. The number of carboxylic acids is 1. The highest BCUT2D eigenvalue weighted by Gasteiger charge is 2.64. The molecule has 0 spiro atoms. The standard InChI is InChI=1S/C28H35NO6/c1-4-15-28(17-23(24(28)25(30)31)26(32)34-16-14-19(2)3)27(33)29-18-20-10-12-22(13-11-20)35-21-8-6-5-7-9-21/h5-13,19,23-24H,4,14-18H2,1-3H3,(H,29,33)(H,30,31). The van der Waals surface area contributed by atoms with Gasteiger partial charge in [-0.25, -0.2) is 0 Å². The van der Waals surface area contributed by atoms with Crippen LogP contribution in [0.3, 0.4) is 0 Å². The predicted molar refractivity (Wildman–Crippen MR) is 132 cm³/mol. The van der Waals surface area contributed by atoms with E-state index in [1.165, 1.54) is 0 Å². The molecule has 0 aliphatic heterocycles. The summed E-state index contributed by atoms with van der Waals surface area (Å²) in [4.78, 5) is 37.9. The number of carbonyl (C=O) groups excluding carboxylic acids is 2. The number of ether oxygens (including phenoxy) is 2. The van der Waals surface area contributed by atoms with Crippen molar-refractivity contribution in [3.63, 3.8) is 0 Å². The Morgan fingerprint density at radius 1 is 1.06 bits per heavy atom. The van der Waals surface area contributed by atoms with Crippen molar-refractivity contribution in [2.24, 2.45) is 23.2 Å². The van der Waals surface area contributed by atoms with E-state index in [1.807, 2.05) is 75.4 Å². The normalized spacial score (nSPS) is 21.1. The van der Waals surface area contributed by atoms with Crippen molar-refractivity contribution in [1.82, 2.24) is 5.32 Å². The molecule has 1 fully saturated rings. The number of hydrogen-bond donors (Lipinski definition) is 2. The van der Waals surface area contributed by atoms with Crippen LogP contribution in [0.5, 0.6) is 11.5 Å². The van der Waals surface area contributed by atoms with Crippen LogP contribution in [0.25, 0.3) is 0 Å². The first kappa shape index (κ1) is 26.3. The van der Waals surface area contributed by atoms with Crippen LogP contribution < -0.4 is 10.1 Å². The number of benzene rings is 2. The number of para-hydroxylation sites is 1. The van der Waals surface area contributed by atoms with Crippen molar-refractivity contribution in [2.45, 2.75) is 53.0 Å². The summed E-state index contributed by atoms with van der Waals surface area (Å²) in [6.45, 7) is 6.48. The van der Waals surface area contributed by atoms with Gasteiger partial charge in [-0.3, -0.25) is 14.4 Å². The Balaban J connectivity index is 1.62. The summed E-state index contributed by atoms with van der Waals surface area (Å²) in [6, 6.07) is 16.8. The quantitative estimate of drug-likeness (QED) is 0.405. The van der Waals surface area contributed by atoms with Crippen molar-refractivity contribution < 1.29 is 29.0 Å². The van der Waals surface area contributed by atoms with Gasteiger partial charge in [0.15, 0.2) is 0 Å². The Morgan fingerprint density at radius 3 is 2.31 bits per heavy atom. The molecule has 0 radical (unpaired) electrons. The second-order valence-electron chi connectivity index (χ2n) is 9.62. The van der Waals surface area contributed by atoms with E-state index in [-0.39, 0.29) is 25.5 Å². The lowest BCUT2D eigenvalue weighted by molar-refractivity contribution is -0.185. The van der Waals surface area contributed by atoms with Crippen molar-refractivity contribution in [2.75, 3.05) is 6.61 Å². The maximum Gasteiger partial charge on any atom is 0.309 e. The molecule has 35 heavy (non-hydrogen) atoms. The number of carboxylic acid groups (broad SMARTS) is 1. The Hall–Kier alpha value is -3.35. The molecule has 188 valence electrons. The molecule has 3 unspecified atom stereocenters. The van der Waals surface area contributed by atoms with Crippen LogP contribution in [0.4, 0.5) is 0 Å². The van der Waals surface area contributed by atoms with Gasteiger partial charge in [0.25, 0.3) is 0 Å². The molecule has 7 heteroatoms. The third kappa shape index (κ3) is 6.41. The predicted octanol–water partition coefficient (Wildman–Crippen LogP) is 5.19. The Morgan fingerprint density at radius 2 is 1.71 bits per heavy atom. The molecule has 3 rings (SSSR count). The van der Waals surface area contributed by atoms with E-state index in [2.05, 4.69) is 5.32 Å². The summed E-state index contributed by atoms with van der Waals surface area (Å²) in [5.74, 6) is -2.08. The zero-order valence-corrected chi connectivity index (χ0v) is 20.7. The van der Waals surface area contributed by atoms with Gasteiger partial charge in [0.1, 0.15) is 11.5 Å². The second kappa shape index (κ2) is 11.9. The van der Waals surface area contributed by atoms with Crippen LogP contribution in [0.2, 0.25) is 0 Å². The molecule has 2 aromatic rings. The van der Waals surface area contributed by atoms with Crippen LogP contribution in [0.15, 0.2) is 54.6 Å². The average Bonchev–Trinajstić information content (AvgIpc) is 2.80. The molecule has 2 N–H and O–H groups in total. The smallest absolute Gasteiger partial charge is 0.309 e. The van der Waals surface area contributed by atoms with Crippen molar-refractivity contribution in [1.29, 1.82) is 0 Å². The van der Waals surface area contributed by atoms with Gasteiger partial charge in [-0.2, -0.15) is 0 Å². The molecule has 3 atom stereocenters. The molecule has 1 aliphatic rings. The molecule has 2 aromatic carbocycles. The maximum atomic E-state index is 13.3. The van der Waals surface area contributed by atoms with E-state index in [1.54, 1.807) is 0 Å². The number of nitrogens with one attached hydrogen (secondary N) is 1. The molecule has 1 aliphatic carbocycles. The Labute approximate surface area is 206 Å². The third-order valence-corrected chi connectivity index (χ3v) is 6.59. The van der Waals surface area contributed by atoms with E-state index in [9.17, 15) is 19.5 Å². The van der Waals surface area contributed by atoms with Gasteiger partial charge in [-0.15, -0.1) is 0 Å². The lowest BCUT2D eigenvalue weighted by atomic mass is 9.51. The second-order valence-corrected chi connectivity index (χ2v) is 9.62. The van der Waals surface area contributed by atoms with Crippen LogP contribution in [0, 0.1) is 23.2 Å². The van der Waals surface area contributed by atoms with Crippen LogP contribution in [-0.4, -0.2) is 29.6 Å². The van der Waals surface area contributed by atoms with Crippen LogP contribution >= 0.6 is 0 Å². The van der Waals surface area contributed by atoms with Crippen LogP contribution in [0.1, 0.15) is 52.0 Å². The molecule has 0 heterocycles. The topological polar surface area (TPSA) is 102 Å². The highest BCUT2D eigenvalue weighted by atomic mass is 16.5. The fraction of sp³-hybridized carbons (Fsp3) is 0.464. The number of rotatable bonds is 12. The zero-order chi connectivity index (χ0) is 25.4. The number of hydrogen-bond acceptors (Lipinski definition) is 5. The van der Waals surface area contributed by atoms with Gasteiger partial charge in [0.05, 0.1) is 23.9 Å². The van der Waals surface area contributed by atoms with Crippen molar-refractivity contribution >= 4 is 17.8 Å². The molecule has 0 bridgehead atoms. The van der Waals surface area contributed by atoms with Crippen molar-refractivity contribution in [3.8, 4) is 11.5 Å². The summed E-state index contributed by atoms with van der Waals surface area (Å²) in [5, 5.41) is 12.8. The molecule has 0 saturated heterocycles. The molecule has 1 saturated carbocycles. The third-order valence-electron chi connectivity index (χ3n) is 6.59. The lowest BCUT2D eigenvalue weighted by Gasteiger charge is -2.50. The largest absolute Gasteiger partial charge is 0.481 e. The Kier molecular flexibility index (Phi) is 8.90. The fourth-order valence-corrected chi connectivity index (χ4v) is 4.70. The first-order valence-electron chi connectivity index (χ1n) is 12.3. The highest BCUT2D eigenvalue weighted by molar-refractivity contribution is 5.95. The monoisotopic (exact) mass is 481 g/mol. The van der Waals surface area contributed by atoms with E-state index in [0.717, 1.165) is 11.3 Å². The fourth-order valence-electron chi connectivity index (χ4n) is 4.70. The summed E-state index contributed by atoms with van der Waals surface area (Å²) in [7, 11) is 0. The SMILES string of the molecule is CCCC1(C(=O)NCc2ccc(Oc3ccccc3)cc2)CC(C(=O)OCCC(C)C)C1C(=O)O. The molecular weight excluding hydrogens is 446 g/mol. The van der Waals surface area contributed by atoms with Gasteiger partial charge in [0.2, 0.25) is 5.91 Å². The highest BCUT2D eigenvalue weighted by Crippen LogP contribution is 2.55. The number of aliphatic carboxylic acids is 1. The van der Waals surface area contributed by atoms with E-state index in [4.69, 9.17) is 9.47 Å². The van der Waals surface area contributed by atoms with Gasteiger partial charge >= 0.3 is 11.9 Å². The first-order chi connectivity index (χ1) is 16.8. The van der Waals surface area contributed by atoms with Crippen molar-refractivity contribution in [3.05, 3.63) is 60.2 Å². The number of amides is 1. The van der Waals surface area contributed by atoms with Gasteiger partial charge < -0.3 is 19.9 Å².